The molecular weight excluding hydrogens is 502 g/mol. The molecule has 206 valence electrons. The first-order chi connectivity index (χ1) is 19.3. The predicted molar refractivity (Wildman–Crippen MR) is 154 cm³/mol. The van der Waals surface area contributed by atoms with Gasteiger partial charge in [0.05, 0.1) is 6.04 Å². The summed E-state index contributed by atoms with van der Waals surface area (Å²) in [5.74, 6) is 1.05. The fourth-order valence-corrected chi connectivity index (χ4v) is 5.07. The van der Waals surface area contributed by atoms with E-state index in [0.717, 1.165) is 23.1 Å². The maximum Gasteiger partial charge on any atom is 0.277 e. The predicted octanol–water partition coefficient (Wildman–Crippen LogP) is 6.64. The highest BCUT2D eigenvalue weighted by Gasteiger charge is 2.32. The molecule has 7 nitrogen and oxygen atoms in total. The fraction of sp³-hybridized carbons (Fsp3) is 0.303. The van der Waals surface area contributed by atoms with E-state index in [0.29, 0.717) is 30.3 Å². The van der Waals surface area contributed by atoms with Crippen LogP contribution in [0.25, 0.3) is 0 Å². The van der Waals surface area contributed by atoms with Crippen LogP contribution in [0.3, 0.4) is 0 Å². The third-order valence-corrected chi connectivity index (χ3v) is 7.06. The Morgan fingerprint density at radius 3 is 2.60 bits per heavy atom. The Labute approximate surface area is 235 Å². The van der Waals surface area contributed by atoms with Crippen LogP contribution in [-0.2, 0) is 17.8 Å². The molecule has 40 heavy (non-hydrogen) atoms. The number of anilines is 1. The van der Waals surface area contributed by atoms with Crippen molar-refractivity contribution in [1.29, 1.82) is 0 Å². The number of aromatic nitrogens is 1. The van der Waals surface area contributed by atoms with Crippen molar-refractivity contribution in [2.75, 3.05) is 11.9 Å². The molecule has 0 saturated carbocycles. The van der Waals surface area contributed by atoms with Crippen molar-refractivity contribution >= 4 is 17.5 Å². The van der Waals surface area contributed by atoms with Crippen LogP contribution in [0, 0.1) is 19.8 Å². The molecule has 0 aliphatic carbocycles. The molecule has 0 fully saturated rings. The number of oxazole rings is 1. The summed E-state index contributed by atoms with van der Waals surface area (Å²) < 4.78 is 11.6. The molecule has 0 spiro atoms. The summed E-state index contributed by atoms with van der Waals surface area (Å²) >= 11 is 0. The zero-order valence-electron chi connectivity index (χ0n) is 23.4. The molecule has 3 aromatic carbocycles. The number of hydrogen-bond donors (Lipinski definition) is 1. The van der Waals surface area contributed by atoms with Gasteiger partial charge in [-0.15, -0.1) is 0 Å². The topological polar surface area (TPSA) is 84.7 Å². The van der Waals surface area contributed by atoms with Crippen LogP contribution >= 0.6 is 0 Å². The number of aryl methyl sites for hydroxylation is 2. The number of rotatable bonds is 8. The number of carbonyl (C=O) groups is 2. The van der Waals surface area contributed by atoms with E-state index >= 15 is 0 Å². The van der Waals surface area contributed by atoms with Crippen molar-refractivity contribution in [3.05, 3.63) is 112 Å². The Morgan fingerprint density at radius 1 is 1.05 bits per heavy atom. The maximum atomic E-state index is 13.3. The molecule has 7 heteroatoms. The number of nitrogens with one attached hydrogen (secondary N) is 1. The van der Waals surface area contributed by atoms with Crippen molar-refractivity contribution in [2.24, 2.45) is 5.92 Å². The zero-order chi connectivity index (χ0) is 28.2. The molecule has 1 aromatic heterocycles. The van der Waals surface area contributed by atoms with Gasteiger partial charge in [0, 0.05) is 18.7 Å². The first-order valence-electron chi connectivity index (χ1n) is 13.7. The largest absolute Gasteiger partial charge is 0.484 e. The average Bonchev–Trinajstić information content (AvgIpc) is 3.41. The number of fused-ring (bicyclic) bond motifs is 1. The van der Waals surface area contributed by atoms with Crippen LogP contribution in [0.1, 0.15) is 70.5 Å². The van der Waals surface area contributed by atoms with E-state index in [4.69, 9.17) is 9.15 Å². The maximum absolute atomic E-state index is 13.3. The van der Waals surface area contributed by atoms with E-state index in [2.05, 4.69) is 61.4 Å². The minimum atomic E-state index is -0.346. The molecule has 4 aromatic rings. The van der Waals surface area contributed by atoms with Crippen molar-refractivity contribution in [3.8, 4) is 5.75 Å². The van der Waals surface area contributed by atoms with Gasteiger partial charge in [0.2, 0.25) is 11.8 Å². The molecule has 0 radical (unpaired) electrons. The number of nitrogens with zero attached hydrogens (tertiary/aromatic N) is 2. The Hall–Kier alpha value is -4.39. The Kier molecular flexibility index (Phi) is 8.01. The summed E-state index contributed by atoms with van der Waals surface area (Å²) in [6.07, 6.45) is 2.64. The molecular formula is C33H35N3O4. The molecule has 1 unspecified atom stereocenters. The van der Waals surface area contributed by atoms with Gasteiger partial charge in [0.25, 0.3) is 5.91 Å². The Bertz CT molecular complexity index is 1510. The SMILES string of the molecule is Cc1ccc(C2c3cc(OCc4nc(C(=O)Nc5cccc(C)c5)co4)ccc3CCN2C(=O)CC(C)C)cc1. The smallest absolute Gasteiger partial charge is 0.277 e. The highest BCUT2D eigenvalue weighted by molar-refractivity contribution is 6.02. The normalized spacial score (nSPS) is 14.6. The van der Waals surface area contributed by atoms with Gasteiger partial charge in [-0.3, -0.25) is 9.59 Å². The van der Waals surface area contributed by atoms with Crippen LogP contribution in [0.2, 0.25) is 0 Å². The Morgan fingerprint density at radius 2 is 1.85 bits per heavy atom. The number of carbonyl (C=O) groups excluding carboxylic acids is 2. The van der Waals surface area contributed by atoms with Gasteiger partial charge in [-0.05, 0) is 72.7 Å². The number of amides is 2. The van der Waals surface area contributed by atoms with Gasteiger partial charge in [-0.1, -0.05) is 61.9 Å². The molecule has 1 aliphatic heterocycles. The molecule has 1 atom stereocenters. The molecule has 1 N–H and O–H groups in total. The first-order valence-corrected chi connectivity index (χ1v) is 13.7. The lowest BCUT2D eigenvalue weighted by molar-refractivity contribution is -0.134. The molecule has 0 saturated heterocycles. The first kappa shape index (κ1) is 27.2. The summed E-state index contributed by atoms with van der Waals surface area (Å²) in [7, 11) is 0. The number of benzene rings is 3. The standard InChI is InChI=1S/C33H35N3O4/c1-21(2)16-31(37)36-15-14-24-12-13-27(18-28(24)32(36)25-10-8-22(3)9-11-25)39-20-30-35-29(19-40-30)33(38)34-26-7-5-6-23(4)17-26/h5-13,17-19,21,32H,14-16,20H2,1-4H3,(H,34,38). The second kappa shape index (κ2) is 11.8. The summed E-state index contributed by atoms with van der Waals surface area (Å²) in [5, 5.41) is 2.83. The summed E-state index contributed by atoms with van der Waals surface area (Å²) in [6, 6.07) is 21.8. The lowest BCUT2D eigenvalue weighted by atomic mass is 9.87. The highest BCUT2D eigenvalue weighted by Crippen LogP contribution is 2.38. The molecule has 0 bridgehead atoms. The minimum absolute atomic E-state index is 0.0711. The van der Waals surface area contributed by atoms with Gasteiger partial charge in [0.1, 0.15) is 12.0 Å². The molecule has 2 amide bonds. The third-order valence-electron chi connectivity index (χ3n) is 7.06. The van der Waals surface area contributed by atoms with Gasteiger partial charge in [0.15, 0.2) is 12.3 Å². The van der Waals surface area contributed by atoms with E-state index in [9.17, 15) is 9.59 Å². The fourth-order valence-electron chi connectivity index (χ4n) is 5.07. The summed E-state index contributed by atoms with van der Waals surface area (Å²) in [4.78, 5) is 32.2. The lowest BCUT2D eigenvalue weighted by Crippen LogP contribution is -2.41. The van der Waals surface area contributed by atoms with Crippen LogP contribution in [-0.4, -0.2) is 28.2 Å². The molecule has 2 heterocycles. The van der Waals surface area contributed by atoms with Crippen LogP contribution in [0.4, 0.5) is 5.69 Å². The van der Waals surface area contributed by atoms with E-state index in [1.54, 1.807) is 0 Å². The average molecular weight is 538 g/mol. The van der Waals surface area contributed by atoms with E-state index in [1.165, 1.54) is 17.4 Å². The van der Waals surface area contributed by atoms with E-state index < -0.39 is 0 Å². The second-order valence-electron chi connectivity index (χ2n) is 10.8. The van der Waals surface area contributed by atoms with Crippen molar-refractivity contribution < 1.29 is 18.7 Å². The number of hydrogen-bond acceptors (Lipinski definition) is 5. The molecule has 1 aliphatic rings. The minimum Gasteiger partial charge on any atom is -0.484 e. The van der Waals surface area contributed by atoms with Crippen molar-refractivity contribution in [1.82, 2.24) is 9.88 Å². The van der Waals surface area contributed by atoms with Crippen LogP contribution < -0.4 is 10.1 Å². The van der Waals surface area contributed by atoms with Gasteiger partial charge in [-0.2, -0.15) is 0 Å². The highest BCUT2D eigenvalue weighted by atomic mass is 16.5. The zero-order valence-corrected chi connectivity index (χ0v) is 23.4. The van der Waals surface area contributed by atoms with E-state index in [1.807, 2.05) is 48.2 Å². The Balaban J connectivity index is 1.33. The quantitative estimate of drug-likeness (QED) is 0.272. The van der Waals surface area contributed by atoms with Gasteiger partial charge < -0.3 is 19.4 Å². The second-order valence-corrected chi connectivity index (χ2v) is 10.8. The van der Waals surface area contributed by atoms with Crippen LogP contribution in [0.5, 0.6) is 5.75 Å². The van der Waals surface area contributed by atoms with Gasteiger partial charge in [-0.25, -0.2) is 4.98 Å². The van der Waals surface area contributed by atoms with E-state index in [-0.39, 0.29) is 36.1 Å². The summed E-state index contributed by atoms with van der Waals surface area (Å²) in [5.41, 5.74) is 6.46. The van der Waals surface area contributed by atoms with Crippen molar-refractivity contribution in [3.63, 3.8) is 0 Å². The monoisotopic (exact) mass is 537 g/mol. The number of ether oxygens (including phenoxy) is 1. The third kappa shape index (κ3) is 6.25. The van der Waals surface area contributed by atoms with Crippen molar-refractivity contribution in [2.45, 2.75) is 53.2 Å². The van der Waals surface area contributed by atoms with Gasteiger partial charge >= 0.3 is 0 Å². The lowest BCUT2D eigenvalue weighted by Gasteiger charge is -2.38. The van der Waals surface area contributed by atoms with Crippen LogP contribution in [0.15, 0.2) is 77.4 Å². The molecule has 5 rings (SSSR count). The summed E-state index contributed by atoms with van der Waals surface area (Å²) in [6.45, 7) is 8.92.